The quantitative estimate of drug-likeness (QED) is 0.843. The average Bonchev–Trinajstić information content (AvgIpc) is 2.87. The number of nitrogens with two attached hydrogens (primary N) is 1. The molecule has 0 atom stereocenters. The molecule has 1 heterocycles. The molecule has 5 nitrogen and oxygen atoms in total. The Labute approximate surface area is 119 Å². The largest absolute Gasteiger partial charge is 0.399 e. The van der Waals surface area contributed by atoms with Crippen LogP contribution in [-0.2, 0) is 14.6 Å². The van der Waals surface area contributed by atoms with Crippen molar-refractivity contribution in [3.8, 4) is 0 Å². The summed E-state index contributed by atoms with van der Waals surface area (Å²) in [5.74, 6) is -2.24. The van der Waals surface area contributed by atoms with Crippen molar-refractivity contribution in [2.24, 2.45) is 0 Å². The third-order valence-corrected chi connectivity index (χ3v) is 5.49. The van der Waals surface area contributed by atoms with Gasteiger partial charge >= 0.3 is 0 Å². The summed E-state index contributed by atoms with van der Waals surface area (Å²) < 4.78 is 37.3. The predicted octanol–water partition coefficient (Wildman–Crippen LogP) is 1.88. The zero-order chi connectivity index (χ0) is 14.8. The highest BCUT2D eigenvalue weighted by molar-refractivity contribution is 7.94. The van der Waals surface area contributed by atoms with Crippen LogP contribution in [0.5, 0.6) is 0 Å². The first kappa shape index (κ1) is 14.5. The first-order chi connectivity index (χ1) is 9.38. The molecule has 3 N–H and O–H groups in total. The molecule has 0 saturated carbocycles. The summed E-state index contributed by atoms with van der Waals surface area (Å²) >= 11 is 1.02. The van der Waals surface area contributed by atoms with Crippen molar-refractivity contribution >= 4 is 38.5 Å². The fraction of sp³-hybridized carbons (Fsp3) is 0.0833. The van der Waals surface area contributed by atoms with E-state index in [1.807, 2.05) is 0 Å². The fourth-order valence-electron chi connectivity index (χ4n) is 1.51. The number of benzene rings is 1. The Morgan fingerprint density at radius 1 is 1.35 bits per heavy atom. The van der Waals surface area contributed by atoms with Crippen LogP contribution in [0.15, 0.2) is 39.9 Å². The van der Waals surface area contributed by atoms with Gasteiger partial charge in [0.25, 0.3) is 0 Å². The van der Waals surface area contributed by atoms with Gasteiger partial charge in [0.1, 0.15) is 15.8 Å². The number of rotatable bonds is 4. The molecule has 1 aromatic heterocycles. The van der Waals surface area contributed by atoms with Gasteiger partial charge in [-0.2, -0.15) is 0 Å². The van der Waals surface area contributed by atoms with E-state index in [4.69, 9.17) is 5.73 Å². The second-order valence-corrected chi connectivity index (χ2v) is 7.14. The Morgan fingerprint density at radius 2 is 2.10 bits per heavy atom. The minimum atomic E-state index is -3.71. The third-order valence-electron chi connectivity index (χ3n) is 2.39. The molecule has 106 valence electrons. The number of thiophene rings is 1. The van der Waals surface area contributed by atoms with Gasteiger partial charge in [-0.3, -0.25) is 4.79 Å². The molecule has 0 saturated heterocycles. The summed E-state index contributed by atoms with van der Waals surface area (Å²) in [5, 5.41) is 3.80. The van der Waals surface area contributed by atoms with Crippen LogP contribution >= 0.6 is 11.3 Å². The monoisotopic (exact) mass is 314 g/mol. The minimum absolute atomic E-state index is 0.0979. The highest BCUT2D eigenvalue weighted by atomic mass is 32.2. The van der Waals surface area contributed by atoms with Gasteiger partial charge in [-0.1, -0.05) is 6.07 Å². The van der Waals surface area contributed by atoms with Crippen LogP contribution < -0.4 is 11.1 Å². The normalized spacial score (nSPS) is 11.2. The molecular formula is C12H11FN2O3S2. The van der Waals surface area contributed by atoms with Gasteiger partial charge in [-0.15, -0.1) is 11.3 Å². The summed E-state index contributed by atoms with van der Waals surface area (Å²) in [4.78, 5) is 11.7. The lowest BCUT2D eigenvalue weighted by Crippen LogP contribution is -2.23. The zero-order valence-corrected chi connectivity index (χ0v) is 11.8. The van der Waals surface area contributed by atoms with Crippen molar-refractivity contribution in [1.82, 2.24) is 0 Å². The summed E-state index contributed by atoms with van der Waals surface area (Å²) in [7, 11) is -3.71. The summed E-state index contributed by atoms with van der Waals surface area (Å²) in [6.07, 6.45) is 0. The van der Waals surface area contributed by atoms with E-state index >= 15 is 0 Å². The Hall–Kier alpha value is -1.93. The van der Waals surface area contributed by atoms with E-state index in [0.717, 1.165) is 17.4 Å². The highest BCUT2D eigenvalue weighted by Gasteiger charge is 2.21. The van der Waals surface area contributed by atoms with Gasteiger partial charge in [0.15, 0.2) is 9.84 Å². The van der Waals surface area contributed by atoms with Gasteiger partial charge in [-0.25, -0.2) is 12.8 Å². The molecular weight excluding hydrogens is 303 g/mol. The standard InChI is InChI=1S/C12H11FN2O3S2/c13-9-4-3-8(14)6-10(9)15-11(16)7-20(17,18)12-2-1-5-19-12/h1-6H,7,14H2,(H,15,16). The maximum Gasteiger partial charge on any atom is 0.240 e. The van der Waals surface area contributed by atoms with Crippen LogP contribution in [0.1, 0.15) is 0 Å². The molecule has 0 aliphatic rings. The van der Waals surface area contributed by atoms with Crippen molar-refractivity contribution in [3.63, 3.8) is 0 Å². The Morgan fingerprint density at radius 3 is 2.75 bits per heavy atom. The maximum atomic E-state index is 13.4. The van der Waals surface area contributed by atoms with E-state index in [1.54, 1.807) is 11.4 Å². The van der Waals surface area contributed by atoms with E-state index < -0.39 is 27.3 Å². The molecule has 0 radical (unpaired) electrons. The molecule has 8 heteroatoms. The van der Waals surface area contributed by atoms with Crippen molar-refractivity contribution in [2.45, 2.75) is 4.21 Å². The number of sulfone groups is 1. The summed E-state index contributed by atoms with van der Waals surface area (Å²) in [5.41, 5.74) is 5.60. The number of hydrogen-bond donors (Lipinski definition) is 2. The Kier molecular flexibility index (Phi) is 4.05. The van der Waals surface area contributed by atoms with Crippen LogP contribution in [0, 0.1) is 5.82 Å². The van der Waals surface area contributed by atoms with Gasteiger partial charge in [0.05, 0.1) is 5.69 Å². The lowest BCUT2D eigenvalue weighted by atomic mass is 10.2. The number of anilines is 2. The van der Waals surface area contributed by atoms with Gasteiger partial charge in [0.2, 0.25) is 5.91 Å². The number of carbonyl (C=O) groups excluding carboxylic acids is 1. The molecule has 1 amide bonds. The molecule has 2 aromatic rings. The summed E-state index contributed by atoms with van der Waals surface area (Å²) in [6, 6.07) is 6.65. The second kappa shape index (κ2) is 5.59. The molecule has 0 fully saturated rings. The lowest BCUT2D eigenvalue weighted by molar-refractivity contribution is -0.113. The third kappa shape index (κ3) is 3.34. The van der Waals surface area contributed by atoms with Gasteiger partial charge < -0.3 is 11.1 Å². The second-order valence-electron chi connectivity index (χ2n) is 3.98. The topological polar surface area (TPSA) is 89.3 Å². The smallest absolute Gasteiger partial charge is 0.240 e. The SMILES string of the molecule is Nc1ccc(F)c(NC(=O)CS(=O)(=O)c2cccs2)c1. The number of carbonyl (C=O) groups is 1. The van der Waals surface area contributed by atoms with Crippen molar-refractivity contribution < 1.29 is 17.6 Å². The average molecular weight is 314 g/mol. The molecule has 0 unspecified atom stereocenters. The van der Waals surface area contributed by atoms with Crippen LogP contribution in [0.3, 0.4) is 0 Å². The first-order valence-corrected chi connectivity index (χ1v) is 8.03. The zero-order valence-electron chi connectivity index (χ0n) is 10.2. The van der Waals surface area contributed by atoms with E-state index in [-0.39, 0.29) is 15.6 Å². The molecule has 2 rings (SSSR count). The number of nitrogen functional groups attached to an aromatic ring is 1. The van der Waals surface area contributed by atoms with Crippen LogP contribution in [-0.4, -0.2) is 20.1 Å². The van der Waals surface area contributed by atoms with Crippen molar-refractivity contribution in [3.05, 3.63) is 41.5 Å². The van der Waals surface area contributed by atoms with E-state index in [2.05, 4.69) is 5.32 Å². The molecule has 20 heavy (non-hydrogen) atoms. The van der Waals surface area contributed by atoms with Crippen LogP contribution in [0.4, 0.5) is 15.8 Å². The number of halogens is 1. The Balaban J connectivity index is 2.12. The number of hydrogen-bond acceptors (Lipinski definition) is 5. The molecule has 1 aromatic carbocycles. The fourth-order valence-corrected chi connectivity index (χ4v) is 3.73. The van der Waals surface area contributed by atoms with E-state index in [0.29, 0.717) is 0 Å². The predicted molar refractivity (Wildman–Crippen MR) is 75.8 cm³/mol. The highest BCUT2D eigenvalue weighted by Crippen LogP contribution is 2.20. The maximum absolute atomic E-state index is 13.4. The van der Waals surface area contributed by atoms with E-state index in [9.17, 15) is 17.6 Å². The van der Waals surface area contributed by atoms with Gasteiger partial charge in [0, 0.05) is 5.69 Å². The van der Waals surface area contributed by atoms with Crippen molar-refractivity contribution in [1.29, 1.82) is 0 Å². The molecule has 0 bridgehead atoms. The van der Waals surface area contributed by atoms with Crippen LogP contribution in [0.25, 0.3) is 0 Å². The van der Waals surface area contributed by atoms with E-state index in [1.165, 1.54) is 18.2 Å². The Bertz CT molecular complexity index is 727. The molecule has 0 aliphatic heterocycles. The lowest BCUT2D eigenvalue weighted by Gasteiger charge is -2.07. The van der Waals surface area contributed by atoms with Gasteiger partial charge in [-0.05, 0) is 29.6 Å². The first-order valence-electron chi connectivity index (χ1n) is 5.49. The molecule has 0 spiro atoms. The molecule has 0 aliphatic carbocycles. The number of amides is 1. The number of nitrogens with one attached hydrogen (secondary N) is 1. The summed E-state index contributed by atoms with van der Waals surface area (Å²) in [6.45, 7) is 0. The minimum Gasteiger partial charge on any atom is -0.399 e. The van der Waals surface area contributed by atoms with Crippen molar-refractivity contribution in [2.75, 3.05) is 16.8 Å². The van der Waals surface area contributed by atoms with Crippen LogP contribution in [0.2, 0.25) is 0 Å².